The highest BCUT2D eigenvalue weighted by Crippen LogP contribution is 2.26. The molecule has 0 saturated carbocycles. The van der Waals surface area contributed by atoms with Gasteiger partial charge in [-0.05, 0) is 29.7 Å². The molecule has 0 aliphatic carbocycles. The molecule has 1 aliphatic heterocycles. The third kappa shape index (κ3) is 2.11. The van der Waals surface area contributed by atoms with E-state index in [2.05, 4.69) is 5.32 Å². The van der Waals surface area contributed by atoms with Crippen LogP contribution in [0.3, 0.4) is 0 Å². The maximum atomic E-state index is 11.2. The zero-order valence-electron chi connectivity index (χ0n) is 8.56. The highest BCUT2D eigenvalue weighted by atomic mass is 16.4. The summed E-state index contributed by atoms with van der Waals surface area (Å²) in [5.74, 6) is -0.968. The van der Waals surface area contributed by atoms with E-state index in [4.69, 9.17) is 5.11 Å². The van der Waals surface area contributed by atoms with Crippen LogP contribution in [0.5, 0.6) is 0 Å². The van der Waals surface area contributed by atoms with Crippen molar-refractivity contribution in [3.8, 4) is 0 Å². The van der Waals surface area contributed by atoms with Crippen LogP contribution in [0.2, 0.25) is 0 Å². The lowest BCUT2D eigenvalue weighted by atomic mass is 9.97. The van der Waals surface area contributed by atoms with Crippen LogP contribution in [0, 0.1) is 0 Å². The van der Waals surface area contributed by atoms with Crippen molar-refractivity contribution in [3.63, 3.8) is 0 Å². The van der Waals surface area contributed by atoms with E-state index in [9.17, 15) is 9.59 Å². The minimum Gasteiger partial charge on any atom is -0.478 e. The van der Waals surface area contributed by atoms with E-state index in [0.717, 1.165) is 22.9 Å². The molecule has 82 valence electrons. The minimum absolute atomic E-state index is 0.00636. The molecule has 4 heteroatoms. The van der Waals surface area contributed by atoms with Gasteiger partial charge in [-0.1, -0.05) is 12.1 Å². The van der Waals surface area contributed by atoms with Gasteiger partial charge in [-0.15, -0.1) is 0 Å². The summed E-state index contributed by atoms with van der Waals surface area (Å²) in [7, 11) is 0. The molecule has 1 heterocycles. The van der Waals surface area contributed by atoms with Crippen molar-refractivity contribution in [2.45, 2.75) is 12.8 Å². The van der Waals surface area contributed by atoms with E-state index in [1.165, 1.54) is 0 Å². The standard InChI is InChI=1S/C12H11NO3/c14-11-6-5-9-8(4-7-12(15)16)2-1-3-10(9)13-11/h1-4,7H,5-6H2,(H,13,14)(H,15,16)/b7-4+. The molecule has 1 aromatic rings. The fraction of sp³-hybridized carbons (Fsp3) is 0.167. The van der Waals surface area contributed by atoms with Crippen molar-refractivity contribution >= 4 is 23.6 Å². The van der Waals surface area contributed by atoms with Crippen molar-refractivity contribution in [1.82, 2.24) is 0 Å². The maximum absolute atomic E-state index is 11.2. The lowest BCUT2D eigenvalue weighted by Gasteiger charge is -2.18. The summed E-state index contributed by atoms with van der Waals surface area (Å²) in [5, 5.41) is 11.3. The highest BCUT2D eigenvalue weighted by molar-refractivity contribution is 5.95. The monoisotopic (exact) mass is 217 g/mol. The number of amides is 1. The Morgan fingerprint density at radius 2 is 2.19 bits per heavy atom. The summed E-state index contributed by atoms with van der Waals surface area (Å²) in [4.78, 5) is 21.6. The first-order valence-corrected chi connectivity index (χ1v) is 4.99. The minimum atomic E-state index is -0.975. The average Bonchev–Trinajstić information content (AvgIpc) is 2.25. The fourth-order valence-corrected chi connectivity index (χ4v) is 1.77. The van der Waals surface area contributed by atoms with Crippen LogP contribution in [0.25, 0.3) is 6.08 Å². The predicted molar refractivity (Wildman–Crippen MR) is 60.1 cm³/mol. The van der Waals surface area contributed by atoms with Crippen LogP contribution in [0.15, 0.2) is 24.3 Å². The fourth-order valence-electron chi connectivity index (χ4n) is 1.77. The van der Waals surface area contributed by atoms with Gasteiger partial charge in [0, 0.05) is 18.2 Å². The third-order valence-corrected chi connectivity index (χ3v) is 2.49. The molecule has 1 aromatic carbocycles. The molecule has 0 radical (unpaired) electrons. The highest BCUT2D eigenvalue weighted by Gasteiger charge is 2.16. The van der Waals surface area contributed by atoms with Crippen LogP contribution >= 0.6 is 0 Å². The van der Waals surface area contributed by atoms with Crippen molar-refractivity contribution in [2.75, 3.05) is 5.32 Å². The summed E-state index contributed by atoms with van der Waals surface area (Å²) in [6, 6.07) is 5.46. The molecular weight excluding hydrogens is 206 g/mol. The number of carbonyl (C=O) groups is 2. The molecule has 2 rings (SSSR count). The molecule has 1 amide bonds. The van der Waals surface area contributed by atoms with E-state index in [1.807, 2.05) is 12.1 Å². The van der Waals surface area contributed by atoms with Gasteiger partial charge in [0.15, 0.2) is 0 Å². The Kier molecular flexibility index (Phi) is 2.72. The summed E-state index contributed by atoms with van der Waals surface area (Å²) in [5.41, 5.74) is 2.63. The van der Waals surface area contributed by atoms with Crippen molar-refractivity contribution < 1.29 is 14.7 Å². The number of nitrogens with one attached hydrogen (secondary N) is 1. The number of benzene rings is 1. The summed E-state index contributed by atoms with van der Waals surface area (Å²) in [6.45, 7) is 0. The van der Waals surface area contributed by atoms with Crippen LogP contribution in [-0.4, -0.2) is 17.0 Å². The zero-order valence-corrected chi connectivity index (χ0v) is 8.56. The number of carbonyl (C=O) groups excluding carboxylic acids is 1. The second-order valence-electron chi connectivity index (χ2n) is 3.59. The van der Waals surface area contributed by atoms with E-state index >= 15 is 0 Å². The summed E-state index contributed by atoms with van der Waals surface area (Å²) < 4.78 is 0. The van der Waals surface area contributed by atoms with Gasteiger partial charge in [0.1, 0.15) is 0 Å². The molecule has 0 bridgehead atoms. The first kappa shape index (κ1) is 10.4. The van der Waals surface area contributed by atoms with Gasteiger partial charge < -0.3 is 10.4 Å². The second-order valence-corrected chi connectivity index (χ2v) is 3.59. The van der Waals surface area contributed by atoms with Gasteiger partial charge in [0.2, 0.25) is 5.91 Å². The van der Waals surface area contributed by atoms with Gasteiger partial charge in [0.05, 0.1) is 0 Å². The molecule has 0 spiro atoms. The molecule has 2 N–H and O–H groups in total. The lowest BCUT2D eigenvalue weighted by molar-refractivity contribution is -0.131. The quantitative estimate of drug-likeness (QED) is 0.740. The largest absolute Gasteiger partial charge is 0.478 e. The average molecular weight is 217 g/mol. The Balaban J connectivity index is 2.37. The molecule has 0 aromatic heterocycles. The predicted octanol–water partition coefficient (Wildman–Crippen LogP) is 1.67. The maximum Gasteiger partial charge on any atom is 0.328 e. The SMILES string of the molecule is O=C(O)/C=C/c1cccc2c1CCC(=O)N2. The molecule has 16 heavy (non-hydrogen) atoms. The third-order valence-electron chi connectivity index (χ3n) is 2.49. The van der Waals surface area contributed by atoms with E-state index in [-0.39, 0.29) is 5.91 Å². The Morgan fingerprint density at radius 1 is 1.38 bits per heavy atom. The van der Waals surface area contributed by atoms with Crippen LogP contribution < -0.4 is 5.32 Å². The van der Waals surface area contributed by atoms with E-state index < -0.39 is 5.97 Å². The molecule has 0 saturated heterocycles. The van der Waals surface area contributed by atoms with Crippen molar-refractivity contribution in [1.29, 1.82) is 0 Å². The first-order valence-electron chi connectivity index (χ1n) is 4.99. The summed E-state index contributed by atoms with van der Waals surface area (Å²) >= 11 is 0. The number of hydrogen-bond acceptors (Lipinski definition) is 2. The zero-order chi connectivity index (χ0) is 11.5. The van der Waals surface area contributed by atoms with Crippen LogP contribution in [0.1, 0.15) is 17.5 Å². The number of hydrogen-bond donors (Lipinski definition) is 2. The first-order chi connectivity index (χ1) is 7.66. The number of aliphatic carboxylic acids is 1. The molecule has 0 atom stereocenters. The normalized spacial score (nSPS) is 14.6. The second kappa shape index (κ2) is 4.18. The Bertz CT molecular complexity index is 477. The van der Waals surface area contributed by atoms with Gasteiger partial charge in [-0.25, -0.2) is 4.79 Å². The van der Waals surface area contributed by atoms with Crippen molar-refractivity contribution in [2.24, 2.45) is 0 Å². The van der Waals surface area contributed by atoms with Crippen molar-refractivity contribution in [3.05, 3.63) is 35.4 Å². The Morgan fingerprint density at radius 3 is 2.94 bits per heavy atom. The smallest absolute Gasteiger partial charge is 0.328 e. The van der Waals surface area contributed by atoms with Gasteiger partial charge in [-0.3, -0.25) is 4.79 Å². The van der Waals surface area contributed by atoms with E-state index in [1.54, 1.807) is 12.1 Å². The summed E-state index contributed by atoms with van der Waals surface area (Å²) in [6.07, 6.45) is 3.76. The van der Waals surface area contributed by atoms with Crippen LogP contribution in [-0.2, 0) is 16.0 Å². The number of anilines is 1. The molecule has 4 nitrogen and oxygen atoms in total. The molecule has 1 aliphatic rings. The number of rotatable bonds is 2. The molecule has 0 fully saturated rings. The Labute approximate surface area is 92.6 Å². The number of carboxylic acid groups (broad SMARTS) is 1. The van der Waals surface area contributed by atoms with Gasteiger partial charge in [-0.2, -0.15) is 0 Å². The van der Waals surface area contributed by atoms with Crippen LogP contribution in [0.4, 0.5) is 5.69 Å². The van der Waals surface area contributed by atoms with E-state index in [0.29, 0.717) is 12.8 Å². The number of carboxylic acids is 1. The van der Waals surface area contributed by atoms with Gasteiger partial charge in [0.25, 0.3) is 0 Å². The molecular formula is C12H11NO3. The number of fused-ring (bicyclic) bond motifs is 1. The lowest BCUT2D eigenvalue weighted by Crippen LogP contribution is -2.19. The topological polar surface area (TPSA) is 66.4 Å². The van der Waals surface area contributed by atoms with Gasteiger partial charge >= 0.3 is 5.97 Å². The Hall–Kier alpha value is -2.10. The molecule has 0 unspecified atom stereocenters.